The number of hydrogen-bond donors (Lipinski definition) is 0. The molecular formula is C26H19Cl2FN4O2. The predicted molar refractivity (Wildman–Crippen MR) is 135 cm³/mol. The molecule has 6 nitrogen and oxygen atoms in total. The van der Waals surface area contributed by atoms with Gasteiger partial charge in [0.15, 0.2) is 0 Å². The standard InChI is InChI=1S/C26H19Cl2FN4O2/c27-19-9-3-1-7-17(19)13-32-23-12-6-5-11-22(23)30-24(32)16-31-15-21(29)25(34)33(26(31)35)14-18-8-2-4-10-20(18)28/h1-12,15H,13-14,16H2. The molecule has 9 heteroatoms. The van der Waals surface area contributed by atoms with Gasteiger partial charge >= 0.3 is 5.69 Å². The minimum absolute atomic E-state index is 0.0440. The molecule has 0 spiro atoms. The molecule has 0 N–H and O–H groups in total. The molecule has 0 atom stereocenters. The Morgan fingerprint density at radius 2 is 1.31 bits per heavy atom. The van der Waals surface area contributed by atoms with Crippen molar-refractivity contribution in [2.75, 3.05) is 0 Å². The Labute approximate surface area is 209 Å². The highest BCUT2D eigenvalue weighted by atomic mass is 35.5. The van der Waals surface area contributed by atoms with Crippen LogP contribution in [0.5, 0.6) is 0 Å². The number of rotatable bonds is 6. The lowest BCUT2D eigenvalue weighted by Gasteiger charge is -2.14. The van der Waals surface area contributed by atoms with E-state index in [0.29, 0.717) is 28.0 Å². The van der Waals surface area contributed by atoms with Crippen molar-refractivity contribution in [1.29, 1.82) is 0 Å². The maximum Gasteiger partial charge on any atom is 0.331 e. The number of imidazole rings is 1. The van der Waals surface area contributed by atoms with E-state index in [9.17, 15) is 14.0 Å². The summed E-state index contributed by atoms with van der Waals surface area (Å²) in [5, 5.41) is 0.990. The van der Waals surface area contributed by atoms with Crippen molar-refractivity contribution in [3.63, 3.8) is 0 Å². The van der Waals surface area contributed by atoms with Gasteiger partial charge in [-0.25, -0.2) is 9.78 Å². The molecule has 5 rings (SSSR count). The lowest BCUT2D eigenvalue weighted by Crippen LogP contribution is -2.41. The Morgan fingerprint density at radius 3 is 1.97 bits per heavy atom. The fourth-order valence-corrected chi connectivity index (χ4v) is 4.43. The second-order valence-electron chi connectivity index (χ2n) is 8.06. The molecule has 0 radical (unpaired) electrons. The van der Waals surface area contributed by atoms with Gasteiger partial charge in [-0.1, -0.05) is 71.7 Å². The molecule has 2 heterocycles. The third kappa shape index (κ3) is 4.52. The van der Waals surface area contributed by atoms with E-state index in [2.05, 4.69) is 4.98 Å². The summed E-state index contributed by atoms with van der Waals surface area (Å²) in [6.07, 6.45) is 0.924. The second kappa shape index (κ2) is 9.52. The summed E-state index contributed by atoms with van der Waals surface area (Å²) in [6.45, 7) is 0.217. The summed E-state index contributed by atoms with van der Waals surface area (Å²) >= 11 is 12.6. The zero-order chi connectivity index (χ0) is 24.5. The van der Waals surface area contributed by atoms with Crippen molar-refractivity contribution in [3.05, 3.63) is 133 Å². The van der Waals surface area contributed by atoms with Gasteiger partial charge in [0.25, 0.3) is 5.56 Å². The number of para-hydroxylation sites is 2. The van der Waals surface area contributed by atoms with E-state index in [4.69, 9.17) is 23.2 Å². The second-order valence-corrected chi connectivity index (χ2v) is 8.88. The van der Waals surface area contributed by atoms with Crippen molar-refractivity contribution >= 4 is 34.2 Å². The van der Waals surface area contributed by atoms with E-state index in [1.165, 1.54) is 0 Å². The number of nitrogens with zero attached hydrogens (tertiary/aromatic N) is 4. The van der Waals surface area contributed by atoms with Crippen LogP contribution in [0.4, 0.5) is 4.39 Å². The third-order valence-electron chi connectivity index (χ3n) is 5.81. The molecule has 0 fully saturated rings. The highest BCUT2D eigenvalue weighted by Gasteiger charge is 2.17. The normalized spacial score (nSPS) is 11.3. The van der Waals surface area contributed by atoms with Gasteiger partial charge in [0.1, 0.15) is 5.82 Å². The molecule has 0 amide bonds. The summed E-state index contributed by atoms with van der Waals surface area (Å²) in [5.41, 5.74) is 1.33. The van der Waals surface area contributed by atoms with Gasteiger partial charge in [-0.05, 0) is 35.4 Å². The van der Waals surface area contributed by atoms with E-state index in [1.54, 1.807) is 30.3 Å². The smallest absolute Gasteiger partial charge is 0.322 e. The predicted octanol–water partition coefficient (Wildman–Crippen LogP) is 4.95. The first kappa shape index (κ1) is 23.1. The molecule has 0 saturated carbocycles. The quantitative estimate of drug-likeness (QED) is 0.326. The van der Waals surface area contributed by atoms with Gasteiger partial charge in [0.05, 0.1) is 36.9 Å². The molecule has 35 heavy (non-hydrogen) atoms. The Morgan fingerprint density at radius 1 is 0.743 bits per heavy atom. The summed E-state index contributed by atoms with van der Waals surface area (Å²) in [5.74, 6) is -0.513. The molecule has 0 aliphatic heterocycles. The Balaban J connectivity index is 1.60. The van der Waals surface area contributed by atoms with Gasteiger partial charge < -0.3 is 4.57 Å². The molecule has 5 aromatic rings. The van der Waals surface area contributed by atoms with Crippen LogP contribution in [0, 0.1) is 5.82 Å². The van der Waals surface area contributed by atoms with E-state index in [0.717, 1.165) is 31.9 Å². The highest BCUT2D eigenvalue weighted by Crippen LogP contribution is 2.22. The zero-order valence-electron chi connectivity index (χ0n) is 18.4. The summed E-state index contributed by atoms with van der Waals surface area (Å²) in [4.78, 5) is 30.4. The van der Waals surface area contributed by atoms with Crippen LogP contribution in [0.25, 0.3) is 11.0 Å². The number of hydrogen-bond acceptors (Lipinski definition) is 3. The Hall–Kier alpha value is -3.68. The van der Waals surface area contributed by atoms with Crippen molar-refractivity contribution in [1.82, 2.24) is 18.7 Å². The monoisotopic (exact) mass is 508 g/mol. The number of fused-ring (bicyclic) bond motifs is 1. The van der Waals surface area contributed by atoms with Crippen LogP contribution < -0.4 is 11.2 Å². The Bertz CT molecular complexity index is 1670. The molecular weight excluding hydrogens is 490 g/mol. The molecule has 0 saturated heterocycles. The lowest BCUT2D eigenvalue weighted by molar-refractivity contribution is 0.510. The van der Waals surface area contributed by atoms with Crippen LogP contribution in [0.1, 0.15) is 17.0 Å². The molecule has 3 aromatic carbocycles. The van der Waals surface area contributed by atoms with Crippen LogP contribution in [-0.4, -0.2) is 18.7 Å². The van der Waals surface area contributed by atoms with Crippen molar-refractivity contribution < 1.29 is 4.39 Å². The molecule has 0 aliphatic carbocycles. The SMILES string of the molecule is O=c1c(F)cn(Cc2nc3ccccc3n2Cc2ccccc2Cl)c(=O)n1Cc1ccccc1Cl. The van der Waals surface area contributed by atoms with Crippen LogP contribution >= 0.6 is 23.2 Å². The van der Waals surface area contributed by atoms with Crippen molar-refractivity contribution in [2.45, 2.75) is 19.6 Å². The molecule has 0 bridgehead atoms. The van der Waals surface area contributed by atoms with E-state index >= 15 is 0 Å². The first-order valence-electron chi connectivity index (χ1n) is 10.8. The fourth-order valence-electron chi connectivity index (χ4n) is 4.04. The first-order valence-corrected chi connectivity index (χ1v) is 11.6. The van der Waals surface area contributed by atoms with Gasteiger partial charge in [0, 0.05) is 10.0 Å². The van der Waals surface area contributed by atoms with E-state index < -0.39 is 17.1 Å². The van der Waals surface area contributed by atoms with Crippen molar-refractivity contribution in [3.8, 4) is 0 Å². The topological polar surface area (TPSA) is 61.8 Å². The van der Waals surface area contributed by atoms with Gasteiger partial charge in [-0.3, -0.25) is 13.9 Å². The lowest BCUT2D eigenvalue weighted by atomic mass is 10.2. The zero-order valence-corrected chi connectivity index (χ0v) is 19.9. The van der Waals surface area contributed by atoms with Gasteiger partial charge in [-0.2, -0.15) is 4.39 Å². The highest BCUT2D eigenvalue weighted by molar-refractivity contribution is 6.31. The molecule has 2 aromatic heterocycles. The maximum atomic E-state index is 14.7. The Kier molecular flexibility index (Phi) is 6.28. The largest absolute Gasteiger partial charge is 0.331 e. The molecule has 0 aliphatic rings. The van der Waals surface area contributed by atoms with Crippen molar-refractivity contribution in [2.24, 2.45) is 0 Å². The summed E-state index contributed by atoms with van der Waals surface area (Å²) in [6, 6.07) is 21.8. The van der Waals surface area contributed by atoms with Crippen LogP contribution in [0.15, 0.2) is 88.6 Å². The number of benzene rings is 3. The van der Waals surface area contributed by atoms with Gasteiger partial charge in [0.2, 0.25) is 5.82 Å². The summed E-state index contributed by atoms with van der Waals surface area (Å²) < 4.78 is 18.6. The number of halogens is 3. The summed E-state index contributed by atoms with van der Waals surface area (Å²) in [7, 11) is 0. The average molecular weight is 509 g/mol. The molecule has 0 unspecified atom stereocenters. The molecule has 176 valence electrons. The third-order valence-corrected chi connectivity index (χ3v) is 6.55. The average Bonchev–Trinajstić information content (AvgIpc) is 3.19. The fraction of sp³-hybridized carbons (Fsp3) is 0.115. The van der Waals surface area contributed by atoms with E-state index in [-0.39, 0.29) is 13.1 Å². The van der Waals surface area contributed by atoms with Crippen LogP contribution in [-0.2, 0) is 19.6 Å². The first-order chi connectivity index (χ1) is 16.9. The van der Waals surface area contributed by atoms with Gasteiger partial charge in [-0.15, -0.1) is 0 Å². The number of aromatic nitrogens is 4. The van der Waals surface area contributed by atoms with Crippen LogP contribution in [0.2, 0.25) is 10.0 Å². The van der Waals surface area contributed by atoms with E-state index in [1.807, 2.05) is 47.0 Å². The minimum Gasteiger partial charge on any atom is -0.322 e. The van der Waals surface area contributed by atoms with Crippen LogP contribution in [0.3, 0.4) is 0 Å². The minimum atomic E-state index is -1.04. The maximum absolute atomic E-state index is 14.7.